The molecule has 0 spiro atoms. The third-order valence-corrected chi connectivity index (χ3v) is 3.63. The van der Waals surface area contributed by atoms with E-state index >= 15 is 0 Å². The van der Waals surface area contributed by atoms with Gasteiger partial charge in [0.05, 0.1) is 4.92 Å². The van der Waals surface area contributed by atoms with Crippen molar-refractivity contribution in [3.63, 3.8) is 0 Å². The fourth-order valence-electron chi connectivity index (χ4n) is 2.34. The summed E-state index contributed by atoms with van der Waals surface area (Å²) in [5, 5.41) is 14.3. The zero-order valence-corrected chi connectivity index (χ0v) is 12.4. The van der Waals surface area contributed by atoms with Crippen molar-refractivity contribution in [3.05, 3.63) is 75.8 Å². The van der Waals surface area contributed by atoms with Crippen LogP contribution in [0.5, 0.6) is 0 Å². The van der Waals surface area contributed by atoms with Crippen molar-refractivity contribution in [1.29, 1.82) is 0 Å². The van der Waals surface area contributed by atoms with Crippen molar-refractivity contribution in [2.75, 3.05) is 6.54 Å². The molecule has 21 heavy (non-hydrogen) atoms. The first-order valence-corrected chi connectivity index (χ1v) is 6.99. The SMILES string of the molecule is CC(C)(CNCc1ccccc1[N+](=O)[O-])c1ccccc1. The third-order valence-electron chi connectivity index (χ3n) is 3.63. The largest absolute Gasteiger partial charge is 0.312 e. The van der Waals surface area contributed by atoms with Gasteiger partial charge in [0.25, 0.3) is 5.69 Å². The molecule has 0 saturated heterocycles. The number of hydrogen-bond donors (Lipinski definition) is 1. The van der Waals surface area contributed by atoms with E-state index in [1.807, 2.05) is 24.3 Å². The van der Waals surface area contributed by atoms with Crippen LogP contribution in [0.4, 0.5) is 5.69 Å². The van der Waals surface area contributed by atoms with E-state index in [1.165, 1.54) is 5.56 Å². The minimum atomic E-state index is -0.334. The molecule has 4 heteroatoms. The summed E-state index contributed by atoms with van der Waals surface area (Å²) in [7, 11) is 0. The highest BCUT2D eigenvalue weighted by molar-refractivity contribution is 5.39. The molecule has 0 aliphatic rings. The van der Waals surface area contributed by atoms with E-state index in [4.69, 9.17) is 0 Å². The van der Waals surface area contributed by atoms with Gasteiger partial charge in [0.15, 0.2) is 0 Å². The van der Waals surface area contributed by atoms with Crippen LogP contribution in [0.15, 0.2) is 54.6 Å². The molecule has 110 valence electrons. The second-order valence-electron chi connectivity index (χ2n) is 5.74. The molecule has 0 bridgehead atoms. The minimum absolute atomic E-state index is 0.0230. The van der Waals surface area contributed by atoms with E-state index < -0.39 is 0 Å². The van der Waals surface area contributed by atoms with Crippen LogP contribution in [0.25, 0.3) is 0 Å². The van der Waals surface area contributed by atoms with Gasteiger partial charge in [-0.2, -0.15) is 0 Å². The van der Waals surface area contributed by atoms with E-state index in [0.29, 0.717) is 12.1 Å². The third kappa shape index (κ3) is 3.89. The number of nitro benzene ring substituents is 1. The fraction of sp³-hybridized carbons (Fsp3) is 0.294. The lowest BCUT2D eigenvalue weighted by atomic mass is 9.84. The lowest BCUT2D eigenvalue weighted by Gasteiger charge is -2.25. The van der Waals surface area contributed by atoms with Gasteiger partial charge in [-0.05, 0) is 5.56 Å². The molecular weight excluding hydrogens is 264 g/mol. The minimum Gasteiger partial charge on any atom is -0.312 e. The first kappa shape index (κ1) is 15.2. The summed E-state index contributed by atoms with van der Waals surface area (Å²) in [6, 6.07) is 17.1. The molecule has 0 aromatic heterocycles. The quantitative estimate of drug-likeness (QED) is 0.650. The van der Waals surface area contributed by atoms with E-state index in [1.54, 1.807) is 18.2 Å². The molecular formula is C17H20N2O2. The Bertz CT molecular complexity index is 609. The molecule has 0 aliphatic carbocycles. The van der Waals surface area contributed by atoms with Gasteiger partial charge in [-0.1, -0.05) is 62.4 Å². The summed E-state index contributed by atoms with van der Waals surface area (Å²) >= 11 is 0. The monoisotopic (exact) mass is 284 g/mol. The summed E-state index contributed by atoms with van der Waals surface area (Å²) in [6.45, 7) is 5.57. The highest BCUT2D eigenvalue weighted by Crippen LogP contribution is 2.22. The van der Waals surface area contributed by atoms with Crippen LogP contribution in [0.1, 0.15) is 25.0 Å². The van der Waals surface area contributed by atoms with Crippen LogP contribution >= 0.6 is 0 Å². The molecule has 4 nitrogen and oxygen atoms in total. The first-order chi connectivity index (χ1) is 10.0. The van der Waals surface area contributed by atoms with Gasteiger partial charge in [-0.25, -0.2) is 0 Å². The smallest absolute Gasteiger partial charge is 0.273 e. The Morgan fingerprint density at radius 1 is 1.05 bits per heavy atom. The molecule has 2 aromatic rings. The number of nitrogens with zero attached hydrogens (tertiary/aromatic N) is 1. The van der Waals surface area contributed by atoms with Crippen molar-refractivity contribution in [1.82, 2.24) is 5.32 Å². The van der Waals surface area contributed by atoms with E-state index in [9.17, 15) is 10.1 Å². The topological polar surface area (TPSA) is 55.2 Å². The van der Waals surface area contributed by atoms with Gasteiger partial charge < -0.3 is 5.32 Å². The Kier molecular flexibility index (Phi) is 4.70. The summed E-state index contributed by atoms with van der Waals surface area (Å²) in [6.07, 6.45) is 0. The Hall–Kier alpha value is -2.20. The maximum absolute atomic E-state index is 11.0. The lowest BCUT2D eigenvalue weighted by Crippen LogP contribution is -2.32. The van der Waals surface area contributed by atoms with Crippen LogP contribution < -0.4 is 5.32 Å². The molecule has 0 saturated carbocycles. The molecule has 2 rings (SSSR count). The van der Waals surface area contributed by atoms with Crippen LogP contribution in [0, 0.1) is 10.1 Å². The Morgan fingerprint density at radius 3 is 2.33 bits per heavy atom. The average molecular weight is 284 g/mol. The maximum atomic E-state index is 11.0. The van der Waals surface area contributed by atoms with Crippen molar-refractivity contribution >= 4 is 5.69 Å². The van der Waals surface area contributed by atoms with Gasteiger partial charge in [0.1, 0.15) is 0 Å². The molecule has 0 unspecified atom stereocenters. The predicted octanol–water partition coefficient (Wildman–Crippen LogP) is 3.66. The summed E-state index contributed by atoms with van der Waals surface area (Å²) < 4.78 is 0. The number of rotatable bonds is 6. The second kappa shape index (κ2) is 6.50. The number of nitro groups is 1. The molecule has 0 heterocycles. The maximum Gasteiger partial charge on any atom is 0.273 e. The van der Waals surface area contributed by atoms with Gasteiger partial charge in [0, 0.05) is 30.1 Å². The van der Waals surface area contributed by atoms with Gasteiger partial charge in [-0.15, -0.1) is 0 Å². The molecule has 0 radical (unpaired) electrons. The lowest BCUT2D eigenvalue weighted by molar-refractivity contribution is -0.385. The van der Waals surface area contributed by atoms with Crippen LogP contribution in [-0.2, 0) is 12.0 Å². The summed E-state index contributed by atoms with van der Waals surface area (Å²) in [5.41, 5.74) is 2.11. The van der Waals surface area contributed by atoms with Crippen LogP contribution in [-0.4, -0.2) is 11.5 Å². The Morgan fingerprint density at radius 2 is 1.67 bits per heavy atom. The van der Waals surface area contributed by atoms with E-state index in [2.05, 4.69) is 31.3 Å². The van der Waals surface area contributed by atoms with Crippen LogP contribution in [0.3, 0.4) is 0 Å². The van der Waals surface area contributed by atoms with Crippen molar-refractivity contribution in [2.45, 2.75) is 25.8 Å². The molecule has 0 fully saturated rings. The zero-order valence-electron chi connectivity index (χ0n) is 12.4. The molecule has 0 atom stereocenters. The van der Waals surface area contributed by atoms with Crippen molar-refractivity contribution < 1.29 is 4.92 Å². The number of hydrogen-bond acceptors (Lipinski definition) is 3. The zero-order chi connectivity index (χ0) is 15.3. The Balaban J connectivity index is 2.00. The van der Waals surface area contributed by atoms with Crippen molar-refractivity contribution in [2.24, 2.45) is 0 Å². The average Bonchev–Trinajstić information content (AvgIpc) is 2.48. The molecule has 1 N–H and O–H groups in total. The van der Waals surface area contributed by atoms with Crippen LogP contribution in [0.2, 0.25) is 0 Å². The number of benzene rings is 2. The van der Waals surface area contributed by atoms with E-state index in [-0.39, 0.29) is 16.0 Å². The molecule has 2 aromatic carbocycles. The highest BCUT2D eigenvalue weighted by atomic mass is 16.6. The number of nitrogens with one attached hydrogen (secondary N) is 1. The highest BCUT2D eigenvalue weighted by Gasteiger charge is 2.20. The second-order valence-corrected chi connectivity index (χ2v) is 5.74. The van der Waals surface area contributed by atoms with Gasteiger partial charge in [0.2, 0.25) is 0 Å². The van der Waals surface area contributed by atoms with Gasteiger partial charge >= 0.3 is 0 Å². The standard InChI is InChI=1S/C17H20N2O2/c1-17(2,15-9-4-3-5-10-15)13-18-12-14-8-6-7-11-16(14)19(20)21/h3-11,18H,12-13H2,1-2H3. The first-order valence-electron chi connectivity index (χ1n) is 6.99. The summed E-state index contributed by atoms with van der Waals surface area (Å²) in [4.78, 5) is 10.6. The van der Waals surface area contributed by atoms with Crippen molar-refractivity contribution in [3.8, 4) is 0 Å². The summed E-state index contributed by atoms with van der Waals surface area (Å²) in [5.74, 6) is 0. The fourth-order valence-corrected chi connectivity index (χ4v) is 2.34. The predicted molar refractivity (Wildman–Crippen MR) is 84.3 cm³/mol. The molecule has 0 amide bonds. The number of para-hydroxylation sites is 1. The van der Waals surface area contributed by atoms with Gasteiger partial charge in [-0.3, -0.25) is 10.1 Å². The Labute approximate surface area is 125 Å². The normalized spacial score (nSPS) is 11.3. The van der Waals surface area contributed by atoms with E-state index in [0.717, 1.165) is 6.54 Å². The molecule has 0 aliphatic heterocycles.